The van der Waals surface area contributed by atoms with Gasteiger partial charge in [-0.2, -0.15) is 15.3 Å². The number of carbonyl (C=O) groups excluding carboxylic acids is 2. The topological polar surface area (TPSA) is 306 Å². The molecule has 127 heavy (non-hydrogen) atoms. The number of alkyl halides is 2. The molecule has 711 valence electrons. The third-order valence-corrected chi connectivity index (χ3v) is 47.8. The fraction of sp³-hybridized carbons (Fsp3) is 0.436. The van der Waals surface area contributed by atoms with Crippen molar-refractivity contribution in [3.63, 3.8) is 0 Å². The molecule has 0 aliphatic heterocycles. The summed E-state index contributed by atoms with van der Waals surface area (Å²) in [6, 6.07) is 48.3. The fourth-order valence-electron chi connectivity index (χ4n) is 11.0. The van der Waals surface area contributed by atoms with Gasteiger partial charge in [-0.3, -0.25) is 54.9 Å². The Morgan fingerprint density at radius 2 is 0.756 bits per heavy atom. The van der Waals surface area contributed by atoms with Crippen molar-refractivity contribution in [3.05, 3.63) is 254 Å². The van der Waals surface area contributed by atoms with Gasteiger partial charge in [-0.05, 0) is 90.4 Å². The molecule has 0 spiro atoms. The molecule has 1 radical (unpaired) electrons. The van der Waals surface area contributed by atoms with Crippen molar-refractivity contribution in [3.8, 4) is 33.8 Å². The first kappa shape index (κ1) is 150. The molecule has 9 aromatic rings. The van der Waals surface area contributed by atoms with Crippen molar-refractivity contribution in [2.24, 2.45) is 0 Å². The minimum atomic E-state index is -2.21. The largest absolute Gasteiger partial charge is 1.00 e. The number of aromatic nitrogens is 5. The summed E-state index contributed by atoms with van der Waals surface area (Å²) in [5.41, 5.74) is 23.5. The van der Waals surface area contributed by atoms with Gasteiger partial charge in [-0.15, -0.1) is 48.8 Å². The second-order valence-corrected chi connectivity index (χ2v) is 65.7. The number of nitrogens with zero attached hydrogens (tertiary/aromatic N) is 8. The average Bonchev–Trinajstić information content (AvgIpc) is 0.807. The van der Waals surface area contributed by atoms with E-state index in [9.17, 15) is 39.9 Å². The van der Waals surface area contributed by atoms with Gasteiger partial charge in [-0.25, -0.2) is 4.98 Å². The Bertz CT molecular complexity index is 4110. The van der Waals surface area contributed by atoms with E-state index >= 15 is 0 Å². The molecule has 9 rings (SSSR count). The summed E-state index contributed by atoms with van der Waals surface area (Å²) >= 11 is 13.6. The van der Waals surface area contributed by atoms with E-state index in [1.54, 1.807) is 107 Å². The summed E-state index contributed by atoms with van der Waals surface area (Å²) in [7, 11) is 6.89. The molecule has 0 aliphatic carbocycles. The van der Waals surface area contributed by atoms with E-state index < -0.39 is 50.4 Å². The first-order chi connectivity index (χ1) is 55.8. The van der Waals surface area contributed by atoms with Crippen LogP contribution in [0.25, 0.3) is 33.8 Å². The van der Waals surface area contributed by atoms with Gasteiger partial charge in [0, 0.05) is 111 Å². The molecule has 19 nitrogen and oxygen atoms in total. The van der Waals surface area contributed by atoms with Gasteiger partial charge in [0.25, 0.3) is 17.1 Å². The Morgan fingerprint density at radius 3 is 1.06 bits per heavy atom. The zero-order chi connectivity index (χ0) is 88.6. The van der Waals surface area contributed by atoms with Gasteiger partial charge >= 0.3 is 242 Å². The monoisotopic (exact) mass is 2570 g/mol. The van der Waals surface area contributed by atoms with Gasteiger partial charge in [-0.1, -0.05) is 170 Å². The Labute approximate surface area is 883 Å². The van der Waals surface area contributed by atoms with Crippen molar-refractivity contribution in [1.82, 2.24) is 24.9 Å². The third kappa shape index (κ3) is 68.6. The molecule has 4 aromatic carbocycles. The van der Waals surface area contributed by atoms with E-state index in [0.717, 1.165) is 26.2 Å². The number of para-hydroxylation sites is 2. The van der Waals surface area contributed by atoms with Crippen molar-refractivity contribution in [2.45, 2.75) is 253 Å². The van der Waals surface area contributed by atoms with Crippen LogP contribution in [0.15, 0.2) is 204 Å². The number of nitro groups is 3. The van der Waals surface area contributed by atoms with Crippen LogP contribution in [0.5, 0.6) is 0 Å². The summed E-state index contributed by atoms with van der Waals surface area (Å²) in [5, 5.41) is 32.4. The second kappa shape index (κ2) is 93.4. The summed E-state index contributed by atoms with van der Waals surface area (Å²) in [5.74, 6) is -0.216. The van der Waals surface area contributed by atoms with Gasteiger partial charge in [0.2, 0.25) is 0 Å². The second-order valence-electron chi connectivity index (χ2n) is 27.0. The summed E-state index contributed by atoms with van der Waals surface area (Å²) < 4.78 is 14.0. The van der Waals surface area contributed by atoms with Crippen molar-refractivity contribution < 1.29 is 61.8 Å². The number of nitrogens with two attached hydrogens (primary N) is 3. The summed E-state index contributed by atoms with van der Waals surface area (Å²) in [4.78, 5) is 74.4. The first-order valence-electron chi connectivity index (χ1n) is 39.6. The Balaban J connectivity index is -0.000000118. The van der Waals surface area contributed by atoms with Crippen LogP contribution in [0.3, 0.4) is 0 Å². The Hall–Kier alpha value is -3.05. The van der Waals surface area contributed by atoms with Gasteiger partial charge < -0.3 is 69.3 Å². The van der Waals surface area contributed by atoms with E-state index in [2.05, 4.69) is 226 Å². The minimum absolute atomic E-state index is 0. The number of unbranched alkanes of at least 4 members (excludes halogenated alkanes) is 7. The predicted octanol–water partition coefficient (Wildman–Crippen LogP) is 30.1. The number of halogens is 10. The van der Waals surface area contributed by atoms with Gasteiger partial charge in [0.15, 0.2) is 0 Å². The molecule has 0 unspecified atom stereocenters. The standard InChI is InChI=1S/C14H12N2O3.C11H9N3O2.C11H11N3.C9H8BrNO3.C5H4BrN.C5H4N.7C4H9.C3H7I.C2H3I2.CH3Cl.5CH4.4ClH.Li.2Sn.V/c1-10(17)9-12-11(13-6-2-3-8-15-13)5-4-7-14(12)16(18)19;12-11-8(9-5-1-2-7-13-9)4-3-6-10(11)14(15)16;12-9-5-3-4-8(11(9)13)10-6-1-2-7-14-10;1-6(12)5-7-8(10)3-2-4-9(7)11(13)14;6-5-3-1-2-4-7-5;1-2-4-6-5-3-1;7*1-3-4-2;1-3(2)4;1-2(3)4;1-2;;;;;;;;;;;;;/h2-8H,9H2,1H3;1-7H,12H2;1-7H,12-13H2;2-4H,5H2,1H3;1-4H;1-4H;7*1,3-4H2,2H3;3H,1-2H3;1H3;1H3;5*1H4;4*1H;;;;/q;;;;;;;;;;;;-1;;-1;;;;;;;;;;;+1;;+1;/p-1. The number of nitrogen functional groups attached to an aromatic ring is 3. The number of benzene rings is 4. The maximum absolute atomic E-state index is 11.3. The zero-order valence-electron chi connectivity index (χ0n) is 73.2. The molecule has 0 atom stereocenters. The van der Waals surface area contributed by atoms with Crippen LogP contribution >= 0.6 is 157 Å². The minimum Gasteiger partial charge on any atom is -0.397 e. The SMILES string of the molecule is Brc1ccccn1.C.C.C.C.C.CC(=O)Cc1c(-c2ccccn2)cccc1[N+](=O)[O-].CC(=O)Cc1c(Br)cccc1[N+](=O)[O-].CC(C)I.CCC[CH2][Sn]([CH2]CCC)([CH2]CCC)[c]1ccccn1.CCC[CH2][Sn]([Cl])([CH2]CCC)[CH2]CCC.CCl.C[C-](I)I.Cl.Cl.Cl.Nc1c(-c2ccccn2)cccc1[N+](=O)[O-].Nc1cccc(-c2ccccn2)c1N.[CH2-]CCC.[Li+].[V]. The van der Waals surface area contributed by atoms with E-state index in [1.807, 2.05) is 54.7 Å². The fourth-order valence-corrected chi connectivity index (χ4v) is 40.5. The Morgan fingerprint density at radius 1 is 0.465 bits per heavy atom. The molecule has 5 aromatic heterocycles. The number of carbonyl (C=O) groups is 2. The maximum Gasteiger partial charge on any atom is 1.00 e. The number of pyridine rings is 5. The molecular weight excluding hydrogens is 2420 g/mol. The third-order valence-electron chi connectivity index (χ3n) is 16.9. The normalized spacial score (nSPS) is 9.38. The average molecular weight is 2570 g/mol. The van der Waals surface area contributed by atoms with Crippen LogP contribution in [0.2, 0.25) is 26.6 Å². The number of Topliss-reactive ketones (excluding diaryl/α,β-unsaturated/α-hetero) is 2. The molecule has 33 heteroatoms. The van der Waals surface area contributed by atoms with Crippen LogP contribution in [-0.4, -0.2) is 97.2 Å². The quantitative estimate of drug-likeness (QED) is 0.00551. The Kier molecular flexibility index (Phi) is 110. The zero-order valence-corrected chi connectivity index (χ0v) is 93.9. The van der Waals surface area contributed by atoms with E-state index in [-0.39, 0.29) is 159 Å². The number of anilines is 3. The maximum atomic E-state index is 11.3. The van der Waals surface area contributed by atoms with Crippen molar-refractivity contribution in [2.75, 3.05) is 23.6 Å². The molecule has 5 heterocycles. The molecule has 0 fully saturated rings. The summed E-state index contributed by atoms with van der Waals surface area (Å²) in [6.07, 6.45) is 29.0. The number of hydrogen-bond donors (Lipinski definition) is 3. The van der Waals surface area contributed by atoms with Crippen LogP contribution in [-0.2, 0) is 41.0 Å². The smallest absolute Gasteiger partial charge is 0.397 e. The molecular formula is C94H147Br2Cl5I3LiN11O8Sn2V-. The number of rotatable bonds is 30. The van der Waals surface area contributed by atoms with Crippen LogP contribution < -0.4 is 39.8 Å². The van der Waals surface area contributed by atoms with Crippen molar-refractivity contribution in [1.29, 1.82) is 0 Å². The predicted molar refractivity (Wildman–Crippen MR) is 590 cm³/mol. The van der Waals surface area contributed by atoms with Crippen LogP contribution in [0.1, 0.15) is 221 Å². The number of hydrogen-bond acceptors (Lipinski definition) is 16. The number of ketones is 2. The van der Waals surface area contributed by atoms with E-state index in [1.165, 1.54) is 150 Å². The molecule has 0 amide bonds. The molecule has 0 saturated carbocycles. The number of nitro benzene ring substituents is 3. The molecule has 0 saturated heterocycles. The molecule has 0 aliphatic rings. The summed E-state index contributed by atoms with van der Waals surface area (Å²) in [6.45, 7) is 28.7. The van der Waals surface area contributed by atoms with Crippen molar-refractivity contribution >= 4 is 242 Å². The van der Waals surface area contributed by atoms with Gasteiger partial charge in [0.05, 0.1) is 48.8 Å². The molecule has 0 bridgehead atoms. The first-order valence-corrected chi connectivity index (χ1v) is 62.4. The molecule has 6 N–H and O–H groups in total. The van der Waals surface area contributed by atoms with Crippen LogP contribution in [0.4, 0.5) is 34.1 Å². The van der Waals surface area contributed by atoms with E-state index in [0.29, 0.717) is 49.5 Å². The van der Waals surface area contributed by atoms with Gasteiger partial charge in [0.1, 0.15) is 21.9 Å². The van der Waals surface area contributed by atoms with E-state index in [4.69, 9.17) is 31.1 Å². The van der Waals surface area contributed by atoms with Crippen LogP contribution in [0, 0.1) is 39.2 Å².